The monoisotopic (exact) mass is 419 g/mol. The molecule has 0 atom stereocenters. The van der Waals surface area contributed by atoms with E-state index in [9.17, 15) is 14.9 Å². The number of rotatable bonds is 5. The molecule has 0 fully saturated rings. The fourth-order valence-corrected chi connectivity index (χ4v) is 3.84. The highest BCUT2D eigenvalue weighted by Gasteiger charge is 2.15. The van der Waals surface area contributed by atoms with E-state index in [0.29, 0.717) is 21.8 Å². The van der Waals surface area contributed by atoms with Crippen molar-refractivity contribution in [3.8, 4) is 5.69 Å². The van der Waals surface area contributed by atoms with Gasteiger partial charge in [0.05, 0.1) is 22.7 Å². The van der Waals surface area contributed by atoms with Gasteiger partial charge in [0.25, 0.3) is 5.56 Å². The maximum atomic E-state index is 13.3. The smallest absolute Gasteiger partial charge is 0.401 e. The van der Waals surface area contributed by atoms with Crippen LogP contribution in [0, 0.1) is 24.0 Å². The Morgan fingerprint density at radius 1 is 1.10 bits per heavy atom. The maximum absolute atomic E-state index is 13.3. The summed E-state index contributed by atoms with van der Waals surface area (Å²) in [7, 11) is 0. The number of hydrogen-bond acceptors (Lipinski definition) is 6. The van der Waals surface area contributed by atoms with Crippen molar-refractivity contribution in [1.82, 2.24) is 9.55 Å². The van der Waals surface area contributed by atoms with Gasteiger partial charge in [-0.1, -0.05) is 36.0 Å². The minimum absolute atomic E-state index is 0.154. The summed E-state index contributed by atoms with van der Waals surface area (Å²) in [5, 5.41) is 13.5. The van der Waals surface area contributed by atoms with Gasteiger partial charge in [0.1, 0.15) is 10.7 Å². The van der Waals surface area contributed by atoms with Gasteiger partial charge in [-0.25, -0.2) is 4.98 Å². The van der Waals surface area contributed by atoms with E-state index >= 15 is 0 Å². The van der Waals surface area contributed by atoms with E-state index in [0.717, 1.165) is 16.8 Å². The van der Waals surface area contributed by atoms with Crippen LogP contribution in [0.3, 0.4) is 0 Å². The number of nitrogens with zero attached hydrogens (tertiary/aromatic N) is 3. The molecule has 2 aromatic carbocycles. The molecule has 0 saturated carbocycles. The van der Waals surface area contributed by atoms with Crippen molar-refractivity contribution in [2.24, 2.45) is 0 Å². The van der Waals surface area contributed by atoms with Crippen molar-refractivity contribution in [3.05, 3.63) is 97.4 Å². The van der Waals surface area contributed by atoms with Crippen LogP contribution in [0.2, 0.25) is 0 Å². The fourth-order valence-electron chi connectivity index (χ4n) is 3.07. The van der Waals surface area contributed by atoms with Crippen molar-refractivity contribution >= 4 is 34.6 Å². The van der Waals surface area contributed by atoms with Gasteiger partial charge in [0.15, 0.2) is 5.16 Å². The van der Waals surface area contributed by atoms with Crippen LogP contribution in [0.5, 0.6) is 0 Å². The lowest BCUT2D eigenvalue weighted by atomic mass is 10.1. The number of fused-ring (bicyclic) bond motifs is 1. The van der Waals surface area contributed by atoms with Crippen molar-refractivity contribution in [1.29, 1.82) is 0 Å². The maximum Gasteiger partial charge on any atom is 0.433 e. The summed E-state index contributed by atoms with van der Waals surface area (Å²) in [5.41, 5.74) is 3.28. The Kier molecular flexibility index (Phi) is 5.24. The van der Waals surface area contributed by atoms with E-state index in [4.69, 9.17) is 4.42 Å². The summed E-state index contributed by atoms with van der Waals surface area (Å²) < 4.78 is 6.74. The molecule has 0 radical (unpaired) electrons. The Morgan fingerprint density at radius 2 is 1.90 bits per heavy atom. The predicted octanol–water partition coefficient (Wildman–Crippen LogP) is 5.27. The third-order valence-electron chi connectivity index (χ3n) is 4.76. The molecule has 0 aliphatic carbocycles. The summed E-state index contributed by atoms with van der Waals surface area (Å²) in [6.45, 7) is 3.97. The number of benzene rings is 2. The van der Waals surface area contributed by atoms with Crippen molar-refractivity contribution in [2.45, 2.75) is 19.0 Å². The topological polar surface area (TPSA) is 91.2 Å². The molecular formula is C22H17N3O4S. The van der Waals surface area contributed by atoms with Crippen molar-refractivity contribution in [3.63, 3.8) is 0 Å². The summed E-state index contributed by atoms with van der Waals surface area (Å²) in [6.07, 6.45) is 1.60. The summed E-state index contributed by atoms with van der Waals surface area (Å²) >= 11 is 1.24. The fraction of sp³-hybridized carbons (Fsp3) is 0.0909. The SMILES string of the molecule is Cc1cccc(-n2c(S/C=C/c3ccc([N+](=O)[O-])o3)nc3ccccc3c2=O)c1C. The van der Waals surface area contributed by atoms with Crippen LogP contribution in [-0.4, -0.2) is 14.5 Å². The number of aryl methyl sites for hydroxylation is 1. The number of hydrogen-bond donors (Lipinski definition) is 0. The number of thioether (sulfide) groups is 1. The molecule has 0 aliphatic heterocycles. The van der Waals surface area contributed by atoms with Crippen LogP contribution < -0.4 is 5.56 Å². The minimum atomic E-state index is -0.590. The molecule has 8 heteroatoms. The Balaban J connectivity index is 1.81. The van der Waals surface area contributed by atoms with E-state index in [1.807, 2.05) is 44.2 Å². The van der Waals surface area contributed by atoms with Gasteiger partial charge in [-0.3, -0.25) is 19.5 Å². The molecule has 0 unspecified atom stereocenters. The number of aromatic nitrogens is 2. The average Bonchev–Trinajstić information content (AvgIpc) is 3.20. The molecule has 0 bridgehead atoms. The lowest BCUT2D eigenvalue weighted by molar-refractivity contribution is -0.402. The minimum Gasteiger partial charge on any atom is -0.401 e. The Morgan fingerprint density at radius 3 is 2.67 bits per heavy atom. The molecule has 0 aliphatic rings. The van der Waals surface area contributed by atoms with Gasteiger partial charge in [-0.15, -0.1) is 0 Å². The van der Waals surface area contributed by atoms with E-state index in [1.54, 1.807) is 28.2 Å². The Bertz CT molecular complexity index is 1350. The summed E-state index contributed by atoms with van der Waals surface area (Å²) in [6, 6.07) is 15.8. The Labute approximate surface area is 175 Å². The zero-order valence-electron chi connectivity index (χ0n) is 16.2. The first-order valence-corrected chi connectivity index (χ1v) is 9.99. The van der Waals surface area contributed by atoms with Crippen LogP contribution in [0.15, 0.2) is 74.4 Å². The second-order valence-electron chi connectivity index (χ2n) is 6.62. The third kappa shape index (κ3) is 3.65. The molecule has 30 heavy (non-hydrogen) atoms. The van der Waals surface area contributed by atoms with Gasteiger partial charge < -0.3 is 4.42 Å². The quantitative estimate of drug-likeness (QED) is 0.189. The van der Waals surface area contributed by atoms with Gasteiger partial charge in [-0.2, -0.15) is 0 Å². The van der Waals surface area contributed by atoms with E-state index in [1.165, 1.54) is 23.9 Å². The molecular weight excluding hydrogens is 402 g/mol. The molecule has 0 saturated heterocycles. The molecule has 0 amide bonds. The predicted molar refractivity (Wildman–Crippen MR) is 117 cm³/mol. The normalized spacial score (nSPS) is 11.4. The van der Waals surface area contributed by atoms with Crippen LogP contribution >= 0.6 is 11.8 Å². The number of para-hydroxylation sites is 1. The lowest BCUT2D eigenvalue weighted by Gasteiger charge is -2.15. The van der Waals surface area contributed by atoms with Crippen LogP contribution in [0.4, 0.5) is 5.88 Å². The first-order valence-electron chi connectivity index (χ1n) is 9.11. The first kappa shape index (κ1) is 19.7. The molecule has 4 aromatic rings. The van der Waals surface area contributed by atoms with Crippen LogP contribution in [0.25, 0.3) is 22.7 Å². The number of nitro groups is 1. The highest BCUT2D eigenvalue weighted by molar-refractivity contribution is 8.02. The van der Waals surface area contributed by atoms with Gasteiger partial charge in [-0.05, 0) is 60.7 Å². The lowest BCUT2D eigenvalue weighted by Crippen LogP contribution is -2.22. The van der Waals surface area contributed by atoms with Crippen molar-refractivity contribution < 1.29 is 9.34 Å². The summed E-state index contributed by atoms with van der Waals surface area (Å²) in [5.74, 6) is 0.0198. The average molecular weight is 419 g/mol. The number of furan rings is 1. The highest BCUT2D eigenvalue weighted by Crippen LogP contribution is 2.26. The molecule has 2 heterocycles. The van der Waals surface area contributed by atoms with Gasteiger partial charge >= 0.3 is 5.88 Å². The second kappa shape index (κ2) is 8.00. The largest absolute Gasteiger partial charge is 0.433 e. The van der Waals surface area contributed by atoms with Crippen LogP contribution in [0.1, 0.15) is 16.9 Å². The van der Waals surface area contributed by atoms with E-state index in [2.05, 4.69) is 4.98 Å². The molecule has 7 nitrogen and oxygen atoms in total. The van der Waals surface area contributed by atoms with Crippen molar-refractivity contribution in [2.75, 3.05) is 0 Å². The highest BCUT2D eigenvalue weighted by atomic mass is 32.2. The zero-order chi connectivity index (χ0) is 21.3. The van der Waals surface area contributed by atoms with E-state index in [-0.39, 0.29) is 11.4 Å². The molecule has 0 spiro atoms. The summed E-state index contributed by atoms with van der Waals surface area (Å²) in [4.78, 5) is 28.2. The zero-order valence-corrected chi connectivity index (χ0v) is 17.1. The Hall–Kier alpha value is -3.65. The molecule has 150 valence electrons. The third-order valence-corrected chi connectivity index (χ3v) is 5.52. The standard InChI is InChI=1S/C22H17N3O4S/c1-14-6-5-9-19(15(14)2)24-21(26)17-7-3-4-8-18(17)23-22(24)30-13-12-16-10-11-20(29-16)25(27)28/h3-13H,1-2H3/b13-12+. The molecule has 0 N–H and O–H groups in total. The second-order valence-corrected chi connectivity index (χ2v) is 7.50. The first-order chi connectivity index (χ1) is 14.5. The van der Waals surface area contributed by atoms with E-state index < -0.39 is 4.92 Å². The van der Waals surface area contributed by atoms with Crippen LogP contribution in [-0.2, 0) is 0 Å². The molecule has 2 aromatic heterocycles. The van der Waals surface area contributed by atoms with Gasteiger partial charge in [0, 0.05) is 0 Å². The molecule has 4 rings (SSSR count). The van der Waals surface area contributed by atoms with Gasteiger partial charge in [0.2, 0.25) is 0 Å².